The van der Waals surface area contributed by atoms with Crippen LogP contribution in [-0.2, 0) is 14.3 Å². The molecule has 2 heterocycles. The van der Waals surface area contributed by atoms with Crippen LogP contribution in [-0.4, -0.2) is 51.2 Å². The maximum absolute atomic E-state index is 11.8. The van der Waals surface area contributed by atoms with Gasteiger partial charge in [-0.3, -0.25) is 9.59 Å². The lowest BCUT2D eigenvalue weighted by atomic mass is 9.89. The molecule has 2 aromatic rings. The first-order valence-corrected chi connectivity index (χ1v) is 10.9. The van der Waals surface area contributed by atoms with Gasteiger partial charge in [0, 0.05) is 37.6 Å². The van der Waals surface area contributed by atoms with Gasteiger partial charge in [0.2, 0.25) is 11.8 Å². The number of carbonyl (C=O) groups excluding carboxylic acids is 2. The number of carbonyl (C=O) groups is 2. The van der Waals surface area contributed by atoms with Crippen LogP contribution in [0.2, 0.25) is 0 Å². The molecule has 0 aromatic heterocycles. The molecule has 31 heavy (non-hydrogen) atoms. The fourth-order valence-corrected chi connectivity index (χ4v) is 4.77. The van der Waals surface area contributed by atoms with Crippen LogP contribution in [0, 0.1) is 0 Å². The van der Waals surface area contributed by atoms with Crippen molar-refractivity contribution in [2.75, 3.05) is 49.2 Å². The van der Waals surface area contributed by atoms with Crippen LogP contribution in [0.3, 0.4) is 0 Å². The van der Waals surface area contributed by atoms with E-state index >= 15 is 0 Å². The molecule has 0 aliphatic carbocycles. The number of hydrogen-bond donors (Lipinski definition) is 2. The van der Waals surface area contributed by atoms with Gasteiger partial charge in [-0.25, -0.2) is 0 Å². The van der Waals surface area contributed by atoms with Crippen molar-refractivity contribution in [3.8, 4) is 0 Å². The van der Waals surface area contributed by atoms with E-state index < -0.39 is 0 Å². The molecule has 4 N–H and O–H groups in total. The highest BCUT2D eigenvalue weighted by Crippen LogP contribution is 2.35. The van der Waals surface area contributed by atoms with Crippen LogP contribution in [0.15, 0.2) is 48.5 Å². The van der Waals surface area contributed by atoms with Crippen molar-refractivity contribution in [1.82, 2.24) is 0 Å². The third-order valence-electron chi connectivity index (χ3n) is 6.38. The third-order valence-corrected chi connectivity index (χ3v) is 6.38. The van der Waals surface area contributed by atoms with E-state index in [0.717, 1.165) is 61.5 Å². The van der Waals surface area contributed by atoms with E-state index in [1.165, 1.54) is 0 Å². The minimum absolute atomic E-state index is 0.211. The summed E-state index contributed by atoms with van der Waals surface area (Å²) in [6, 6.07) is 16.0. The molecular formula is C24H30N4O3. The summed E-state index contributed by atoms with van der Waals surface area (Å²) in [5.74, 6) is -0.944. The molecule has 7 nitrogen and oxygen atoms in total. The zero-order valence-electron chi connectivity index (χ0n) is 17.7. The highest BCUT2D eigenvalue weighted by atomic mass is 16.5. The number of primary amides is 2. The predicted octanol–water partition coefficient (Wildman–Crippen LogP) is 1.96. The number of anilines is 2. The second-order valence-corrected chi connectivity index (χ2v) is 8.19. The van der Waals surface area contributed by atoms with E-state index in [1.807, 2.05) is 48.5 Å². The van der Waals surface area contributed by atoms with Gasteiger partial charge in [-0.1, -0.05) is 36.4 Å². The van der Waals surface area contributed by atoms with Gasteiger partial charge >= 0.3 is 0 Å². The molecule has 7 heteroatoms. The first kappa shape index (κ1) is 21.2. The minimum atomic E-state index is -0.260. The Morgan fingerprint density at radius 3 is 1.61 bits per heavy atom. The number of rotatable bonds is 8. The summed E-state index contributed by atoms with van der Waals surface area (Å²) in [6.07, 6.45) is 1.47. The molecule has 164 valence electrons. The van der Waals surface area contributed by atoms with Gasteiger partial charge in [0.15, 0.2) is 0 Å². The Kier molecular flexibility index (Phi) is 6.42. The first-order valence-electron chi connectivity index (χ1n) is 10.9. The van der Waals surface area contributed by atoms with E-state index in [4.69, 9.17) is 16.2 Å². The standard InChI is InChI=1S/C24H30N4O3/c25-23(29)19-9-11-27(21-7-3-1-5-17(19)21)13-15-31-16-14-28-12-10-20(24(26)30)18-6-2-4-8-22(18)28/h1-8,19-20H,9-16H2,(H2,25,29)(H2,26,30). The Morgan fingerprint density at radius 2 is 1.19 bits per heavy atom. The number of fused-ring (bicyclic) bond motifs is 2. The average molecular weight is 423 g/mol. The minimum Gasteiger partial charge on any atom is -0.378 e. The van der Waals surface area contributed by atoms with Crippen LogP contribution in [0.1, 0.15) is 35.8 Å². The maximum Gasteiger partial charge on any atom is 0.225 e. The summed E-state index contributed by atoms with van der Waals surface area (Å²) in [7, 11) is 0. The largest absolute Gasteiger partial charge is 0.378 e. The molecule has 0 saturated heterocycles. The number of amides is 2. The summed E-state index contributed by atoms with van der Waals surface area (Å²) in [5.41, 5.74) is 15.3. The second-order valence-electron chi connectivity index (χ2n) is 8.19. The lowest BCUT2D eigenvalue weighted by Gasteiger charge is -2.35. The van der Waals surface area contributed by atoms with Gasteiger partial charge in [-0.2, -0.15) is 0 Å². The van der Waals surface area contributed by atoms with Crippen molar-refractivity contribution < 1.29 is 14.3 Å². The molecule has 2 aliphatic rings. The number of nitrogens with zero attached hydrogens (tertiary/aromatic N) is 2. The zero-order chi connectivity index (χ0) is 21.8. The van der Waals surface area contributed by atoms with Crippen LogP contribution in [0.25, 0.3) is 0 Å². The van der Waals surface area contributed by atoms with Crippen LogP contribution in [0.4, 0.5) is 11.4 Å². The summed E-state index contributed by atoms with van der Waals surface area (Å²) in [6.45, 7) is 4.33. The smallest absolute Gasteiger partial charge is 0.225 e. The summed E-state index contributed by atoms with van der Waals surface area (Å²) in [4.78, 5) is 28.1. The van der Waals surface area contributed by atoms with Gasteiger partial charge < -0.3 is 26.0 Å². The van der Waals surface area contributed by atoms with Crippen molar-refractivity contribution in [1.29, 1.82) is 0 Å². The molecule has 2 unspecified atom stereocenters. The Labute approximate surface area is 182 Å². The van der Waals surface area contributed by atoms with Crippen molar-refractivity contribution in [3.63, 3.8) is 0 Å². The maximum atomic E-state index is 11.8. The lowest BCUT2D eigenvalue weighted by Crippen LogP contribution is -2.38. The molecule has 0 spiro atoms. The number of benzene rings is 2. The Morgan fingerprint density at radius 1 is 0.774 bits per heavy atom. The molecular weight excluding hydrogens is 392 g/mol. The molecule has 2 amide bonds. The van der Waals surface area contributed by atoms with Gasteiger partial charge in [0.1, 0.15) is 0 Å². The average Bonchev–Trinajstić information content (AvgIpc) is 2.78. The first-order chi connectivity index (χ1) is 15.1. The SMILES string of the molecule is NC(=O)C1CCN(CCOCCN2CCC(C(N)=O)c3ccccc32)c2ccccc21. The molecule has 2 aromatic carbocycles. The number of ether oxygens (including phenoxy) is 1. The Bertz CT molecular complexity index is 872. The summed E-state index contributed by atoms with van der Waals surface area (Å²) < 4.78 is 5.95. The summed E-state index contributed by atoms with van der Waals surface area (Å²) in [5, 5.41) is 0. The van der Waals surface area contributed by atoms with Crippen molar-refractivity contribution in [2.45, 2.75) is 24.7 Å². The third kappa shape index (κ3) is 4.51. The van der Waals surface area contributed by atoms with E-state index in [2.05, 4.69) is 9.80 Å². The Balaban J connectivity index is 1.29. The van der Waals surface area contributed by atoms with Gasteiger partial charge in [0.25, 0.3) is 0 Å². The van der Waals surface area contributed by atoms with Crippen molar-refractivity contribution in [3.05, 3.63) is 59.7 Å². The van der Waals surface area contributed by atoms with Gasteiger partial charge in [-0.15, -0.1) is 0 Å². The monoisotopic (exact) mass is 422 g/mol. The molecule has 2 aliphatic heterocycles. The quantitative estimate of drug-likeness (QED) is 0.633. The van der Waals surface area contributed by atoms with Crippen molar-refractivity contribution in [2.24, 2.45) is 11.5 Å². The lowest BCUT2D eigenvalue weighted by molar-refractivity contribution is -0.120. The highest BCUT2D eigenvalue weighted by Gasteiger charge is 2.29. The number of nitrogens with two attached hydrogens (primary N) is 2. The number of para-hydroxylation sites is 2. The molecule has 0 bridgehead atoms. The highest BCUT2D eigenvalue weighted by molar-refractivity contribution is 5.85. The van der Waals surface area contributed by atoms with E-state index in [0.29, 0.717) is 13.2 Å². The zero-order valence-corrected chi connectivity index (χ0v) is 17.7. The van der Waals surface area contributed by atoms with Gasteiger partial charge in [-0.05, 0) is 36.1 Å². The fraction of sp³-hybridized carbons (Fsp3) is 0.417. The molecule has 2 atom stereocenters. The van der Waals surface area contributed by atoms with Crippen molar-refractivity contribution >= 4 is 23.2 Å². The van der Waals surface area contributed by atoms with E-state index in [-0.39, 0.29) is 23.7 Å². The molecule has 0 saturated carbocycles. The predicted molar refractivity (Wildman–Crippen MR) is 121 cm³/mol. The molecule has 0 fully saturated rings. The Hall–Kier alpha value is -3.06. The van der Waals surface area contributed by atoms with E-state index in [9.17, 15) is 9.59 Å². The second kappa shape index (κ2) is 9.39. The normalized spacial score (nSPS) is 20.1. The fourth-order valence-electron chi connectivity index (χ4n) is 4.77. The van der Waals surface area contributed by atoms with Crippen LogP contribution < -0.4 is 21.3 Å². The van der Waals surface area contributed by atoms with Crippen LogP contribution in [0.5, 0.6) is 0 Å². The molecule has 0 radical (unpaired) electrons. The topological polar surface area (TPSA) is 102 Å². The summed E-state index contributed by atoms with van der Waals surface area (Å²) >= 11 is 0. The molecule has 4 rings (SSSR count). The van der Waals surface area contributed by atoms with Crippen LogP contribution >= 0.6 is 0 Å². The number of hydrogen-bond acceptors (Lipinski definition) is 5. The van der Waals surface area contributed by atoms with Gasteiger partial charge in [0.05, 0.1) is 25.0 Å². The van der Waals surface area contributed by atoms with E-state index in [1.54, 1.807) is 0 Å².